The number of esters is 1. The first-order chi connectivity index (χ1) is 11.0. The summed E-state index contributed by atoms with van der Waals surface area (Å²) in [5, 5.41) is 0.503. The molecule has 0 aliphatic heterocycles. The highest BCUT2D eigenvalue weighted by Crippen LogP contribution is 2.39. The van der Waals surface area contributed by atoms with Crippen LogP contribution in [0.4, 0.5) is 8.78 Å². The fourth-order valence-electron chi connectivity index (χ4n) is 2.31. The maximum Gasteiger partial charge on any atom is 0.349 e. The van der Waals surface area contributed by atoms with Crippen molar-refractivity contribution in [2.24, 2.45) is 0 Å². The Balaban J connectivity index is 2.34. The Hall–Kier alpha value is -2.54. The minimum Gasteiger partial charge on any atom is -0.462 e. The van der Waals surface area contributed by atoms with Gasteiger partial charge < -0.3 is 9.72 Å². The highest BCUT2D eigenvalue weighted by atomic mass is 32.1. The Kier molecular flexibility index (Phi) is 3.96. The lowest BCUT2D eigenvalue weighted by atomic mass is 10.0. The van der Waals surface area contributed by atoms with Gasteiger partial charge in [-0.25, -0.2) is 13.6 Å². The van der Waals surface area contributed by atoms with Gasteiger partial charge in [-0.1, -0.05) is 0 Å². The number of carbonyl (C=O) groups excluding carboxylic acids is 1. The second-order valence-electron chi connectivity index (χ2n) is 4.72. The number of aromatic amines is 1. The molecule has 0 amide bonds. The Morgan fingerprint density at radius 1 is 1.26 bits per heavy atom. The molecule has 0 unspecified atom stereocenters. The van der Waals surface area contributed by atoms with Gasteiger partial charge in [-0.15, -0.1) is 11.3 Å². The molecule has 7 heteroatoms. The van der Waals surface area contributed by atoms with E-state index in [0.29, 0.717) is 10.2 Å². The maximum atomic E-state index is 14.2. The van der Waals surface area contributed by atoms with Crippen LogP contribution in [-0.4, -0.2) is 17.6 Å². The predicted molar refractivity (Wildman–Crippen MR) is 83.8 cm³/mol. The Bertz CT molecular complexity index is 962. The van der Waals surface area contributed by atoms with Crippen molar-refractivity contribution in [1.29, 1.82) is 0 Å². The van der Waals surface area contributed by atoms with Gasteiger partial charge in [0, 0.05) is 28.6 Å². The van der Waals surface area contributed by atoms with Gasteiger partial charge in [-0.3, -0.25) is 4.79 Å². The Morgan fingerprint density at radius 2 is 2.04 bits per heavy atom. The van der Waals surface area contributed by atoms with Crippen molar-refractivity contribution in [3.63, 3.8) is 0 Å². The minimum absolute atomic E-state index is 0.0766. The number of benzene rings is 1. The number of hydrogen-bond acceptors (Lipinski definition) is 4. The number of ether oxygens (including phenoxy) is 1. The van der Waals surface area contributed by atoms with E-state index >= 15 is 0 Å². The predicted octanol–water partition coefficient (Wildman–Crippen LogP) is 3.71. The number of rotatable bonds is 3. The fraction of sp³-hybridized carbons (Fsp3) is 0.125. The molecule has 0 aliphatic rings. The van der Waals surface area contributed by atoms with Crippen LogP contribution in [0.2, 0.25) is 0 Å². The van der Waals surface area contributed by atoms with E-state index in [2.05, 4.69) is 4.98 Å². The molecule has 2 aromatic heterocycles. The number of fused-ring (bicyclic) bond motifs is 1. The number of aromatic nitrogens is 1. The van der Waals surface area contributed by atoms with Crippen LogP contribution in [0.1, 0.15) is 16.6 Å². The molecule has 4 nitrogen and oxygen atoms in total. The van der Waals surface area contributed by atoms with Crippen molar-refractivity contribution in [3.8, 4) is 11.1 Å². The lowest BCUT2D eigenvalue weighted by Gasteiger charge is -2.06. The highest BCUT2D eigenvalue weighted by molar-refractivity contribution is 7.21. The van der Waals surface area contributed by atoms with Crippen LogP contribution < -0.4 is 5.56 Å². The number of H-pyrrole nitrogens is 1. The topological polar surface area (TPSA) is 59.2 Å². The van der Waals surface area contributed by atoms with Crippen LogP contribution in [-0.2, 0) is 4.74 Å². The summed E-state index contributed by atoms with van der Waals surface area (Å²) in [4.78, 5) is 26.8. The van der Waals surface area contributed by atoms with E-state index in [1.54, 1.807) is 6.92 Å². The number of thiophene rings is 1. The van der Waals surface area contributed by atoms with E-state index < -0.39 is 17.6 Å². The average molecular weight is 335 g/mol. The van der Waals surface area contributed by atoms with Gasteiger partial charge in [0.25, 0.3) is 0 Å². The third-order valence-electron chi connectivity index (χ3n) is 3.24. The highest BCUT2D eigenvalue weighted by Gasteiger charge is 2.23. The molecule has 3 aromatic rings. The van der Waals surface area contributed by atoms with E-state index in [4.69, 9.17) is 4.74 Å². The Morgan fingerprint density at radius 3 is 2.74 bits per heavy atom. The molecule has 0 fully saturated rings. The van der Waals surface area contributed by atoms with E-state index in [1.165, 1.54) is 18.2 Å². The number of halogens is 2. The van der Waals surface area contributed by atoms with Crippen molar-refractivity contribution in [3.05, 3.63) is 57.2 Å². The van der Waals surface area contributed by atoms with Crippen LogP contribution in [0, 0.1) is 11.6 Å². The summed E-state index contributed by atoms with van der Waals surface area (Å²) in [7, 11) is 0. The van der Waals surface area contributed by atoms with E-state index in [-0.39, 0.29) is 28.2 Å². The molecule has 0 spiro atoms. The van der Waals surface area contributed by atoms with Gasteiger partial charge in [0.05, 0.1) is 6.61 Å². The monoisotopic (exact) mass is 335 g/mol. The van der Waals surface area contributed by atoms with Gasteiger partial charge in [0.15, 0.2) is 0 Å². The summed E-state index contributed by atoms with van der Waals surface area (Å²) in [6.45, 7) is 1.82. The van der Waals surface area contributed by atoms with Crippen LogP contribution in [0.25, 0.3) is 21.3 Å². The smallest absolute Gasteiger partial charge is 0.349 e. The molecule has 1 N–H and O–H groups in total. The summed E-state index contributed by atoms with van der Waals surface area (Å²) < 4.78 is 32.3. The molecule has 2 heterocycles. The van der Waals surface area contributed by atoms with Gasteiger partial charge in [-0.2, -0.15) is 0 Å². The largest absolute Gasteiger partial charge is 0.462 e. The zero-order valence-electron chi connectivity index (χ0n) is 12.0. The van der Waals surface area contributed by atoms with Crippen LogP contribution in [0.5, 0.6) is 0 Å². The average Bonchev–Trinajstić information content (AvgIpc) is 2.86. The molecule has 1 aromatic carbocycles. The van der Waals surface area contributed by atoms with E-state index in [1.807, 2.05) is 0 Å². The van der Waals surface area contributed by atoms with Crippen molar-refractivity contribution in [1.82, 2.24) is 4.98 Å². The molecule has 0 saturated heterocycles. The Labute approximate surface area is 133 Å². The molecule has 0 saturated carbocycles. The molecular formula is C16H11F2NO3S. The third kappa shape index (κ3) is 2.75. The van der Waals surface area contributed by atoms with Gasteiger partial charge >= 0.3 is 5.97 Å². The molecule has 0 bridgehead atoms. The summed E-state index contributed by atoms with van der Waals surface area (Å²) in [6.07, 6.45) is 0. The summed E-state index contributed by atoms with van der Waals surface area (Å²) in [6, 6.07) is 5.92. The standard InChI is InChI=1S/C16H11F2NO3S/c1-2-22-16(21)14-13(9-4-3-8(17)7-11(9)18)10-5-6-12(20)19-15(10)23-14/h3-7H,2H2,1H3,(H,19,20). The number of hydrogen-bond donors (Lipinski definition) is 1. The first kappa shape index (κ1) is 15.4. The second kappa shape index (κ2) is 5.92. The lowest BCUT2D eigenvalue weighted by molar-refractivity contribution is 0.0533. The lowest BCUT2D eigenvalue weighted by Crippen LogP contribution is -2.04. The van der Waals surface area contributed by atoms with Crippen LogP contribution >= 0.6 is 11.3 Å². The minimum atomic E-state index is -0.790. The molecular weight excluding hydrogens is 324 g/mol. The molecule has 0 radical (unpaired) electrons. The first-order valence-corrected chi connectivity index (χ1v) is 7.61. The fourth-order valence-corrected chi connectivity index (χ4v) is 3.41. The molecule has 3 rings (SSSR count). The van der Waals surface area contributed by atoms with Crippen LogP contribution in [0.15, 0.2) is 35.1 Å². The molecule has 0 aliphatic carbocycles. The van der Waals surface area contributed by atoms with Crippen LogP contribution in [0.3, 0.4) is 0 Å². The van der Waals surface area contributed by atoms with Crippen molar-refractivity contribution in [2.45, 2.75) is 6.92 Å². The maximum absolute atomic E-state index is 14.2. The van der Waals surface area contributed by atoms with Gasteiger partial charge in [-0.05, 0) is 25.1 Å². The SMILES string of the molecule is CCOC(=O)c1sc2[nH]c(=O)ccc2c1-c1ccc(F)cc1F. The molecule has 23 heavy (non-hydrogen) atoms. The zero-order valence-corrected chi connectivity index (χ0v) is 12.8. The van der Waals surface area contributed by atoms with E-state index in [9.17, 15) is 18.4 Å². The second-order valence-corrected chi connectivity index (χ2v) is 5.74. The zero-order chi connectivity index (χ0) is 16.6. The van der Waals surface area contributed by atoms with Crippen molar-refractivity contribution in [2.75, 3.05) is 6.61 Å². The normalized spacial score (nSPS) is 10.9. The third-order valence-corrected chi connectivity index (χ3v) is 4.35. The summed E-state index contributed by atoms with van der Waals surface area (Å²) in [5.41, 5.74) is 0.0326. The van der Waals surface area contributed by atoms with Crippen molar-refractivity contribution >= 4 is 27.5 Å². The first-order valence-electron chi connectivity index (χ1n) is 6.79. The van der Waals surface area contributed by atoms with Crippen molar-refractivity contribution < 1.29 is 18.3 Å². The van der Waals surface area contributed by atoms with Gasteiger partial charge in [0.1, 0.15) is 21.3 Å². The molecule has 118 valence electrons. The summed E-state index contributed by atoms with van der Waals surface area (Å²) >= 11 is 1.00. The molecule has 0 atom stereocenters. The number of pyridine rings is 1. The van der Waals surface area contributed by atoms with E-state index in [0.717, 1.165) is 23.5 Å². The van der Waals surface area contributed by atoms with Gasteiger partial charge in [0.2, 0.25) is 5.56 Å². The number of nitrogens with one attached hydrogen (secondary N) is 1. The quantitative estimate of drug-likeness (QED) is 0.742. The number of carbonyl (C=O) groups is 1. The summed E-state index contributed by atoms with van der Waals surface area (Å²) in [5.74, 6) is -2.12.